The van der Waals surface area contributed by atoms with Gasteiger partial charge in [0, 0.05) is 6.20 Å². The van der Waals surface area contributed by atoms with Crippen molar-refractivity contribution in [2.75, 3.05) is 0 Å². The fourth-order valence-corrected chi connectivity index (χ4v) is 1.87. The number of carbonyl (C=O) groups excluding carboxylic acids is 1. The molecular weight excluding hydrogens is 272 g/mol. The van der Waals surface area contributed by atoms with Gasteiger partial charge in [0.1, 0.15) is 16.7 Å². The fraction of sp³-hybridized carbons (Fsp3) is 0.143. The van der Waals surface area contributed by atoms with E-state index in [1.807, 2.05) is 30.3 Å². The molecule has 0 aliphatic rings. The Labute approximate surface area is 122 Å². The molecule has 1 aromatic heterocycles. The summed E-state index contributed by atoms with van der Waals surface area (Å²) in [5.41, 5.74) is 7.50. The molecule has 0 saturated carbocycles. The minimum atomic E-state index is -0.526. The van der Waals surface area contributed by atoms with Crippen molar-refractivity contribution in [3.8, 4) is 0 Å². The average Bonchev–Trinajstić information content (AvgIpc) is 2.46. The number of nitrogens with zero attached hydrogens (tertiary/aromatic N) is 2. The molecule has 2 rings (SSSR count). The van der Waals surface area contributed by atoms with Gasteiger partial charge in [0.2, 0.25) is 0 Å². The topological polar surface area (TPSA) is 80.9 Å². The van der Waals surface area contributed by atoms with Gasteiger partial charge in [0.05, 0.1) is 11.9 Å². The molecular formula is C14H14N4OS. The van der Waals surface area contributed by atoms with E-state index in [0.29, 0.717) is 0 Å². The molecule has 0 radical (unpaired) electrons. The Balaban J connectivity index is 2.19. The van der Waals surface area contributed by atoms with E-state index >= 15 is 0 Å². The minimum Gasteiger partial charge on any atom is -0.391 e. The maximum atomic E-state index is 12.1. The predicted octanol–water partition coefficient (Wildman–Crippen LogP) is 1.54. The summed E-state index contributed by atoms with van der Waals surface area (Å²) in [6.07, 6.45) is 2.96. The van der Waals surface area contributed by atoms with E-state index in [1.165, 1.54) is 12.4 Å². The molecule has 0 aliphatic heterocycles. The van der Waals surface area contributed by atoms with E-state index in [-0.39, 0.29) is 16.6 Å². The van der Waals surface area contributed by atoms with Crippen molar-refractivity contribution in [2.24, 2.45) is 5.73 Å². The third-order valence-electron chi connectivity index (χ3n) is 2.71. The van der Waals surface area contributed by atoms with Crippen molar-refractivity contribution in [1.82, 2.24) is 15.3 Å². The van der Waals surface area contributed by atoms with Gasteiger partial charge >= 0.3 is 0 Å². The van der Waals surface area contributed by atoms with Gasteiger partial charge < -0.3 is 11.1 Å². The van der Waals surface area contributed by atoms with Gasteiger partial charge in [-0.15, -0.1) is 0 Å². The van der Waals surface area contributed by atoms with Gasteiger partial charge in [-0.1, -0.05) is 42.5 Å². The lowest BCUT2D eigenvalue weighted by molar-refractivity contribution is 0.0941. The number of amides is 1. The van der Waals surface area contributed by atoms with Crippen molar-refractivity contribution >= 4 is 23.1 Å². The lowest BCUT2D eigenvalue weighted by atomic mass is 10.1. The van der Waals surface area contributed by atoms with Crippen molar-refractivity contribution in [3.63, 3.8) is 0 Å². The van der Waals surface area contributed by atoms with Crippen LogP contribution < -0.4 is 11.1 Å². The third kappa shape index (κ3) is 3.36. The van der Waals surface area contributed by atoms with E-state index in [4.69, 9.17) is 18.0 Å². The number of aromatic nitrogens is 2. The van der Waals surface area contributed by atoms with Gasteiger partial charge in [-0.2, -0.15) is 0 Å². The zero-order valence-electron chi connectivity index (χ0n) is 10.9. The summed E-state index contributed by atoms with van der Waals surface area (Å²) >= 11 is 5.02. The summed E-state index contributed by atoms with van der Waals surface area (Å²) in [7, 11) is 0. The van der Waals surface area contributed by atoms with Crippen LogP contribution in [-0.2, 0) is 0 Å². The molecule has 20 heavy (non-hydrogen) atoms. The molecule has 0 spiro atoms. The smallest absolute Gasteiger partial charge is 0.272 e. The molecule has 0 saturated heterocycles. The Kier molecular flexibility index (Phi) is 4.37. The molecule has 3 N–H and O–H groups in total. The van der Waals surface area contributed by atoms with Gasteiger partial charge in [0.15, 0.2) is 0 Å². The minimum absolute atomic E-state index is 0.199. The molecule has 0 aliphatic carbocycles. The number of thiocarbonyl (C=S) groups is 1. The van der Waals surface area contributed by atoms with E-state index in [0.717, 1.165) is 11.3 Å². The lowest BCUT2D eigenvalue weighted by Crippen LogP contribution is -2.36. The van der Waals surface area contributed by atoms with Crippen molar-refractivity contribution in [1.29, 1.82) is 0 Å². The highest BCUT2D eigenvalue weighted by atomic mass is 32.1. The SMILES string of the molecule is Cc1cnc(C(=O)NC(C(N)=S)c2ccccc2)cn1. The fourth-order valence-electron chi connectivity index (χ4n) is 1.68. The Bertz CT molecular complexity index is 613. The maximum absolute atomic E-state index is 12.1. The van der Waals surface area contributed by atoms with E-state index in [9.17, 15) is 4.79 Å². The van der Waals surface area contributed by atoms with Crippen LogP contribution in [-0.4, -0.2) is 20.9 Å². The molecule has 2 aromatic rings. The standard InChI is InChI=1S/C14H14N4OS/c1-9-7-17-11(8-16-9)14(19)18-12(13(15)20)10-5-3-2-4-6-10/h2-8,12H,1H3,(H2,15,20)(H,18,19). The van der Waals surface area contributed by atoms with Crippen LogP contribution in [0.2, 0.25) is 0 Å². The number of benzene rings is 1. The van der Waals surface area contributed by atoms with Crippen LogP contribution >= 0.6 is 12.2 Å². The Morgan fingerprint density at radius 2 is 1.95 bits per heavy atom. The second kappa shape index (κ2) is 6.21. The van der Waals surface area contributed by atoms with Crippen molar-refractivity contribution in [3.05, 3.63) is 59.7 Å². The van der Waals surface area contributed by atoms with E-state index < -0.39 is 6.04 Å². The zero-order chi connectivity index (χ0) is 14.5. The normalized spacial score (nSPS) is 11.7. The Hall–Kier alpha value is -2.34. The molecule has 1 amide bonds. The summed E-state index contributed by atoms with van der Waals surface area (Å²) in [5.74, 6) is -0.362. The highest BCUT2D eigenvalue weighted by Crippen LogP contribution is 2.13. The first-order valence-electron chi connectivity index (χ1n) is 6.01. The van der Waals surface area contributed by atoms with Gasteiger partial charge in [-0.25, -0.2) is 4.98 Å². The number of carbonyl (C=O) groups is 1. The van der Waals surface area contributed by atoms with Crippen molar-refractivity contribution in [2.45, 2.75) is 13.0 Å². The first kappa shape index (κ1) is 14.1. The summed E-state index contributed by atoms with van der Waals surface area (Å²) < 4.78 is 0. The highest BCUT2D eigenvalue weighted by Gasteiger charge is 2.18. The van der Waals surface area contributed by atoms with Crippen LogP contribution in [0.15, 0.2) is 42.7 Å². The predicted molar refractivity (Wildman–Crippen MR) is 80.2 cm³/mol. The number of rotatable bonds is 4. The second-order valence-corrected chi connectivity index (χ2v) is 4.73. The molecule has 1 atom stereocenters. The van der Waals surface area contributed by atoms with Gasteiger partial charge in [-0.3, -0.25) is 9.78 Å². The summed E-state index contributed by atoms with van der Waals surface area (Å²) in [6, 6.07) is 8.78. The molecule has 102 valence electrons. The average molecular weight is 286 g/mol. The van der Waals surface area contributed by atoms with Crippen LogP contribution in [0.5, 0.6) is 0 Å². The number of nitrogens with one attached hydrogen (secondary N) is 1. The van der Waals surface area contributed by atoms with Crippen LogP contribution in [0.25, 0.3) is 0 Å². The molecule has 6 heteroatoms. The monoisotopic (exact) mass is 286 g/mol. The van der Waals surface area contributed by atoms with Crippen LogP contribution in [0.3, 0.4) is 0 Å². The third-order valence-corrected chi connectivity index (χ3v) is 2.94. The van der Waals surface area contributed by atoms with Crippen LogP contribution in [0, 0.1) is 6.92 Å². The van der Waals surface area contributed by atoms with Crippen LogP contribution in [0.4, 0.5) is 0 Å². The maximum Gasteiger partial charge on any atom is 0.272 e. The first-order valence-corrected chi connectivity index (χ1v) is 6.42. The Morgan fingerprint density at radius 1 is 1.25 bits per heavy atom. The van der Waals surface area contributed by atoms with Gasteiger partial charge in [-0.05, 0) is 12.5 Å². The Morgan fingerprint density at radius 3 is 2.50 bits per heavy atom. The quantitative estimate of drug-likeness (QED) is 0.833. The van der Waals surface area contributed by atoms with Gasteiger partial charge in [0.25, 0.3) is 5.91 Å². The number of hydrogen-bond acceptors (Lipinski definition) is 4. The molecule has 1 unspecified atom stereocenters. The highest BCUT2D eigenvalue weighted by molar-refractivity contribution is 7.80. The molecule has 1 aromatic carbocycles. The summed E-state index contributed by atoms with van der Waals surface area (Å²) in [5, 5.41) is 2.76. The van der Waals surface area contributed by atoms with E-state index in [2.05, 4.69) is 15.3 Å². The second-order valence-electron chi connectivity index (χ2n) is 4.26. The summed E-state index contributed by atoms with van der Waals surface area (Å²) in [4.78, 5) is 20.4. The zero-order valence-corrected chi connectivity index (χ0v) is 11.7. The number of aryl methyl sites for hydroxylation is 1. The van der Waals surface area contributed by atoms with Crippen molar-refractivity contribution < 1.29 is 4.79 Å². The largest absolute Gasteiger partial charge is 0.391 e. The molecule has 0 bridgehead atoms. The molecule has 1 heterocycles. The van der Waals surface area contributed by atoms with Crippen LogP contribution in [0.1, 0.15) is 27.8 Å². The molecule has 5 nitrogen and oxygen atoms in total. The first-order chi connectivity index (χ1) is 9.58. The number of nitrogens with two attached hydrogens (primary N) is 1. The van der Waals surface area contributed by atoms with E-state index in [1.54, 1.807) is 6.92 Å². The lowest BCUT2D eigenvalue weighted by Gasteiger charge is -2.17. The summed E-state index contributed by atoms with van der Waals surface area (Å²) in [6.45, 7) is 1.80. The molecule has 0 fully saturated rings. The number of hydrogen-bond donors (Lipinski definition) is 2.